The molecule has 0 spiro atoms. The van der Waals surface area contributed by atoms with Gasteiger partial charge in [0.15, 0.2) is 0 Å². The van der Waals surface area contributed by atoms with Gasteiger partial charge in [-0.05, 0) is 38.0 Å². The lowest BCUT2D eigenvalue weighted by molar-refractivity contribution is -0.0186. The van der Waals surface area contributed by atoms with Crippen molar-refractivity contribution >= 4 is 0 Å². The Hall–Kier alpha value is -0.0400. The average Bonchev–Trinajstić information content (AvgIpc) is 2.55. The van der Waals surface area contributed by atoms with E-state index in [9.17, 15) is 5.11 Å². The van der Waals surface area contributed by atoms with E-state index in [0.29, 0.717) is 11.8 Å². The van der Waals surface area contributed by atoms with E-state index in [2.05, 4.69) is 13.8 Å². The Balaban J connectivity index is 2.43. The van der Waals surface area contributed by atoms with Crippen molar-refractivity contribution in [1.82, 2.24) is 0 Å². The zero-order valence-electron chi connectivity index (χ0n) is 9.34. The third kappa shape index (κ3) is 2.98. The molecule has 1 fully saturated rings. The molecule has 1 heteroatoms. The zero-order chi connectivity index (χ0) is 9.90. The summed E-state index contributed by atoms with van der Waals surface area (Å²) in [4.78, 5) is 0. The molecule has 78 valence electrons. The highest BCUT2D eigenvalue weighted by atomic mass is 16.3. The summed E-state index contributed by atoms with van der Waals surface area (Å²) in [6.07, 6.45) is 7.28. The molecule has 2 unspecified atom stereocenters. The van der Waals surface area contributed by atoms with Gasteiger partial charge in [0.2, 0.25) is 0 Å². The predicted octanol–water partition coefficient (Wildman–Crippen LogP) is 3.36. The molecule has 0 aromatic rings. The molecule has 1 saturated carbocycles. The Morgan fingerprint density at radius 2 is 1.92 bits per heavy atom. The topological polar surface area (TPSA) is 20.2 Å². The summed E-state index contributed by atoms with van der Waals surface area (Å²) in [6, 6.07) is 0. The van der Waals surface area contributed by atoms with Gasteiger partial charge in [0.05, 0.1) is 5.60 Å². The SMILES string of the molecule is CCC(C)CC(C)(O)C1CCCC1. The van der Waals surface area contributed by atoms with E-state index in [4.69, 9.17) is 0 Å². The third-order valence-electron chi connectivity index (χ3n) is 3.69. The maximum absolute atomic E-state index is 10.3. The van der Waals surface area contributed by atoms with Crippen LogP contribution in [0.25, 0.3) is 0 Å². The molecule has 0 aromatic carbocycles. The van der Waals surface area contributed by atoms with Crippen LogP contribution in [0.5, 0.6) is 0 Å². The minimum atomic E-state index is -0.397. The fourth-order valence-electron chi connectivity index (χ4n) is 2.56. The summed E-state index contributed by atoms with van der Waals surface area (Å²) in [5.74, 6) is 1.23. The van der Waals surface area contributed by atoms with Gasteiger partial charge in [-0.1, -0.05) is 33.1 Å². The van der Waals surface area contributed by atoms with Crippen LogP contribution in [-0.4, -0.2) is 10.7 Å². The van der Waals surface area contributed by atoms with Gasteiger partial charge >= 0.3 is 0 Å². The maximum Gasteiger partial charge on any atom is 0.0650 e. The van der Waals surface area contributed by atoms with Crippen LogP contribution < -0.4 is 0 Å². The Morgan fingerprint density at radius 3 is 2.38 bits per heavy atom. The van der Waals surface area contributed by atoms with Gasteiger partial charge in [-0.15, -0.1) is 0 Å². The van der Waals surface area contributed by atoms with Crippen molar-refractivity contribution in [3.8, 4) is 0 Å². The van der Waals surface area contributed by atoms with Crippen molar-refractivity contribution in [2.24, 2.45) is 11.8 Å². The van der Waals surface area contributed by atoms with E-state index >= 15 is 0 Å². The fourth-order valence-corrected chi connectivity index (χ4v) is 2.56. The highest BCUT2D eigenvalue weighted by Crippen LogP contribution is 2.37. The molecule has 1 N–H and O–H groups in total. The summed E-state index contributed by atoms with van der Waals surface area (Å²) in [5.41, 5.74) is -0.397. The minimum absolute atomic E-state index is 0.397. The quantitative estimate of drug-likeness (QED) is 0.710. The van der Waals surface area contributed by atoms with E-state index in [0.717, 1.165) is 6.42 Å². The number of aliphatic hydroxyl groups is 1. The molecule has 1 nitrogen and oxygen atoms in total. The van der Waals surface area contributed by atoms with Crippen molar-refractivity contribution in [3.05, 3.63) is 0 Å². The number of hydrogen-bond acceptors (Lipinski definition) is 1. The molecule has 13 heavy (non-hydrogen) atoms. The van der Waals surface area contributed by atoms with E-state index in [1.807, 2.05) is 6.92 Å². The molecule has 1 aliphatic rings. The Kier molecular flexibility index (Phi) is 3.78. The zero-order valence-corrected chi connectivity index (χ0v) is 9.34. The molecule has 2 atom stereocenters. The molecule has 0 amide bonds. The first-order valence-electron chi connectivity index (χ1n) is 5.78. The van der Waals surface area contributed by atoms with Crippen LogP contribution in [0, 0.1) is 11.8 Å². The summed E-state index contributed by atoms with van der Waals surface area (Å²) >= 11 is 0. The Morgan fingerprint density at radius 1 is 1.38 bits per heavy atom. The number of hydrogen-bond donors (Lipinski definition) is 1. The fraction of sp³-hybridized carbons (Fsp3) is 1.00. The standard InChI is InChI=1S/C12H24O/c1-4-10(2)9-12(3,13)11-7-5-6-8-11/h10-11,13H,4-9H2,1-3H3. The molecule has 0 aromatic heterocycles. The second-order valence-electron chi connectivity index (χ2n) is 5.06. The van der Waals surface area contributed by atoms with E-state index in [-0.39, 0.29) is 0 Å². The first-order chi connectivity index (χ1) is 6.06. The van der Waals surface area contributed by atoms with E-state index in [1.54, 1.807) is 0 Å². The van der Waals surface area contributed by atoms with Crippen LogP contribution in [0.3, 0.4) is 0 Å². The lowest BCUT2D eigenvalue weighted by Crippen LogP contribution is -2.34. The van der Waals surface area contributed by atoms with Crippen LogP contribution in [0.2, 0.25) is 0 Å². The van der Waals surface area contributed by atoms with Gasteiger partial charge < -0.3 is 5.11 Å². The smallest absolute Gasteiger partial charge is 0.0650 e. The van der Waals surface area contributed by atoms with Gasteiger partial charge in [0, 0.05) is 0 Å². The summed E-state index contributed by atoms with van der Waals surface area (Å²) < 4.78 is 0. The van der Waals surface area contributed by atoms with Crippen LogP contribution in [-0.2, 0) is 0 Å². The van der Waals surface area contributed by atoms with Gasteiger partial charge in [0.1, 0.15) is 0 Å². The van der Waals surface area contributed by atoms with Gasteiger partial charge in [-0.2, -0.15) is 0 Å². The molecular weight excluding hydrogens is 160 g/mol. The molecule has 0 radical (unpaired) electrons. The van der Waals surface area contributed by atoms with Crippen molar-refractivity contribution in [1.29, 1.82) is 0 Å². The third-order valence-corrected chi connectivity index (χ3v) is 3.69. The Bertz CT molecular complexity index is 145. The monoisotopic (exact) mass is 184 g/mol. The first kappa shape index (κ1) is 11.0. The van der Waals surface area contributed by atoms with Crippen molar-refractivity contribution in [2.45, 2.75) is 64.9 Å². The molecule has 0 bridgehead atoms. The van der Waals surface area contributed by atoms with Crippen LogP contribution in [0.1, 0.15) is 59.3 Å². The van der Waals surface area contributed by atoms with Crippen molar-refractivity contribution in [3.63, 3.8) is 0 Å². The minimum Gasteiger partial charge on any atom is -0.390 e. The summed E-state index contributed by atoms with van der Waals surface area (Å²) in [7, 11) is 0. The largest absolute Gasteiger partial charge is 0.390 e. The van der Waals surface area contributed by atoms with Gasteiger partial charge in [-0.3, -0.25) is 0 Å². The average molecular weight is 184 g/mol. The Labute approximate surface area is 82.5 Å². The van der Waals surface area contributed by atoms with E-state index < -0.39 is 5.60 Å². The lowest BCUT2D eigenvalue weighted by Gasteiger charge is -2.32. The van der Waals surface area contributed by atoms with Crippen molar-refractivity contribution in [2.75, 3.05) is 0 Å². The van der Waals surface area contributed by atoms with Gasteiger partial charge in [-0.25, -0.2) is 0 Å². The van der Waals surface area contributed by atoms with E-state index in [1.165, 1.54) is 32.1 Å². The molecule has 0 heterocycles. The number of rotatable bonds is 4. The summed E-state index contributed by atoms with van der Waals surface area (Å²) in [6.45, 7) is 6.48. The lowest BCUT2D eigenvalue weighted by atomic mass is 9.80. The first-order valence-corrected chi connectivity index (χ1v) is 5.78. The molecule has 0 aliphatic heterocycles. The summed E-state index contributed by atoms with van der Waals surface area (Å²) in [5, 5.41) is 10.3. The molecule has 1 rings (SSSR count). The maximum atomic E-state index is 10.3. The molecule has 0 saturated heterocycles. The second kappa shape index (κ2) is 4.45. The van der Waals surface area contributed by atoms with Crippen LogP contribution in [0.15, 0.2) is 0 Å². The normalized spacial score (nSPS) is 25.8. The highest BCUT2D eigenvalue weighted by molar-refractivity contribution is 4.86. The molecular formula is C12H24O. The van der Waals surface area contributed by atoms with Crippen LogP contribution >= 0.6 is 0 Å². The highest BCUT2D eigenvalue weighted by Gasteiger charge is 2.34. The van der Waals surface area contributed by atoms with Crippen LogP contribution in [0.4, 0.5) is 0 Å². The van der Waals surface area contributed by atoms with Crippen molar-refractivity contribution < 1.29 is 5.11 Å². The predicted molar refractivity (Wildman–Crippen MR) is 56.7 cm³/mol. The van der Waals surface area contributed by atoms with Gasteiger partial charge in [0.25, 0.3) is 0 Å². The second-order valence-corrected chi connectivity index (χ2v) is 5.06. The molecule has 1 aliphatic carbocycles.